The van der Waals surface area contributed by atoms with Crippen LogP contribution in [0.15, 0.2) is 22.7 Å². The number of carbonyl (C=O) groups is 2. The lowest BCUT2D eigenvalue weighted by atomic mass is 9.78. The molecule has 24 heavy (non-hydrogen) atoms. The van der Waals surface area contributed by atoms with Crippen LogP contribution in [0.25, 0.3) is 0 Å². The summed E-state index contributed by atoms with van der Waals surface area (Å²) in [6.45, 7) is 0.556. The van der Waals surface area contributed by atoms with Crippen LogP contribution >= 0.6 is 27.5 Å². The fourth-order valence-electron chi connectivity index (χ4n) is 3.88. The number of amides is 1. The summed E-state index contributed by atoms with van der Waals surface area (Å²) in [6, 6.07) is 5.31. The smallest absolute Gasteiger partial charge is 0.340 e. The number of halogens is 2. The molecule has 6 heteroatoms. The molecule has 0 N–H and O–H groups in total. The molecule has 2 atom stereocenters. The van der Waals surface area contributed by atoms with Crippen molar-refractivity contribution < 1.29 is 14.3 Å². The van der Waals surface area contributed by atoms with Gasteiger partial charge in [-0.25, -0.2) is 4.79 Å². The van der Waals surface area contributed by atoms with E-state index in [1.165, 1.54) is 25.7 Å². The molecule has 3 rings (SSSR count). The van der Waals surface area contributed by atoms with Gasteiger partial charge < -0.3 is 9.64 Å². The van der Waals surface area contributed by atoms with Crippen LogP contribution in [-0.2, 0) is 9.53 Å². The van der Waals surface area contributed by atoms with Gasteiger partial charge in [-0.2, -0.15) is 0 Å². The van der Waals surface area contributed by atoms with Gasteiger partial charge in [-0.3, -0.25) is 4.79 Å². The summed E-state index contributed by atoms with van der Waals surface area (Å²) in [7, 11) is 0. The standard InChI is InChI=1S/C18H21BrClNO3/c19-13-7-8-15(20)14(10-13)18(23)24-11-17(22)21-9-3-5-12-4-1-2-6-16(12)21/h7-8,10,12,16H,1-6,9,11H2/t12-,16+/m0/s1. The first-order valence-corrected chi connectivity index (χ1v) is 9.65. The number of esters is 1. The molecule has 1 aromatic carbocycles. The summed E-state index contributed by atoms with van der Waals surface area (Å²) in [6.07, 6.45) is 6.97. The molecule has 2 fully saturated rings. The Morgan fingerprint density at radius 3 is 2.79 bits per heavy atom. The molecule has 1 aliphatic carbocycles. The predicted octanol–water partition coefficient (Wildman–Crippen LogP) is 4.44. The Labute approximate surface area is 155 Å². The maximum Gasteiger partial charge on any atom is 0.340 e. The van der Waals surface area contributed by atoms with Gasteiger partial charge in [0.2, 0.25) is 0 Å². The molecular formula is C18H21BrClNO3. The second-order valence-electron chi connectivity index (χ2n) is 6.54. The van der Waals surface area contributed by atoms with Crippen LogP contribution < -0.4 is 0 Å². The van der Waals surface area contributed by atoms with Gasteiger partial charge in [0, 0.05) is 17.1 Å². The third kappa shape index (κ3) is 3.94. The second kappa shape index (κ2) is 7.87. The van der Waals surface area contributed by atoms with E-state index in [0.717, 1.165) is 23.9 Å². The number of hydrogen-bond donors (Lipinski definition) is 0. The highest BCUT2D eigenvalue weighted by Gasteiger charge is 2.35. The van der Waals surface area contributed by atoms with E-state index in [1.807, 2.05) is 4.90 Å². The zero-order chi connectivity index (χ0) is 17.1. The van der Waals surface area contributed by atoms with E-state index in [2.05, 4.69) is 15.9 Å². The lowest BCUT2D eigenvalue weighted by Gasteiger charge is -2.44. The van der Waals surface area contributed by atoms with Crippen molar-refractivity contribution in [3.05, 3.63) is 33.3 Å². The Hall–Kier alpha value is -1.07. The molecule has 0 spiro atoms. The van der Waals surface area contributed by atoms with Crippen LogP contribution in [-0.4, -0.2) is 36.0 Å². The fourth-order valence-corrected chi connectivity index (χ4v) is 4.43. The number of benzene rings is 1. The monoisotopic (exact) mass is 413 g/mol. The van der Waals surface area contributed by atoms with Crippen molar-refractivity contribution in [2.45, 2.75) is 44.6 Å². The third-order valence-electron chi connectivity index (χ3n) is 5.04. The number of likely N-dealkylation sites (tertiary alicyclic amines) is 1. The van der Waals surface area contributed by atoms with Crippen LogP contribution in [0, 0.1) is 5.92 Å². The quantitative estimate of drug-likeness (QED) is 0.687. The highest BCUT2D eigenvalue weighted by atomic mass is 79.9. The summed E-state index contributed by atoms with van der Waals surface area (Å²) in [4.78, 5) is 26.7. The minimum absolute atomic E-state index is 0.0916. The minimum atomic E-state index is -0.563. The number of piperidine rings is 1. The highest BCUT2D eigenvalue weighted by Crippen LogP contribution is 2.35. The van der Waals surface area contributed by atoms with Gasteiger partial charge in [0.1, 0.15) is 0 Å². The van der Waals surface area contributed by atoms with Crippen LogP contribution in [0.5, 0.6) is 0 Å². The molecule has 1 aromatic rings. The molecule has 130 valence electrons. The maximum atomic E-state index is 12.5. The molecule has 2 aliphatic rings. The molecule has 0 radical (unpaired) electrons. The molecule has 0 bridgehead atoms. The Morgan fingerprint density at radius 1 is 1.21 bits per heavy atom. The van der Waals surface area contributed by atoms with Gasteiger partial charge >= 0.3 is 5.97 Å². The van der Waals surface area contributed by atoms with Crippen molar-refractivity contribution in [3.63, 3.8) is 0 Å². The van der Waals surface area contributed by atoms with E-state index in [9.17, 15) is 9.59 Å². The Morgan fingerprint density at radius 2 is 1.96 bits per heavy atom. The van der Waals surface area contributed by atoms with Crippen molar-refractivity contribution in [2.24, 2.45) is 5.92 Å². The SMILES string of the molecule is O=C(OCC(=O)N1CCC[C@@H]2CCCC[C@H]21)c1cc(Br)ccc1Cl. The van der Waals surface area contributed by atoms with Crippen molar-refractivity contribution >= 4 is 39.4 Å². The zero-order valence-electron chi connectivity index (χ0n) is 13.5. The van der Waals surface area contributed by atoms with Gasteiger partial charge in [0.05, 0.1) is 10.6 Å². The van der Waals surface area contributed by atoms with Gasteiger partial charge in [-0.05, 0) is 49.8 Å². The van der Waals surface area contributed by atoms with Gasteiger partial charge in [0.15, 0.2) is 6.61 Å². The maximum absolute atomic E-state index is 12.5. The summed E-state index contributed by atoms with van der Waals surface area (Å²) in [5, 5.41) is 0.320. The summed E-state index contributed by atoms with van der Waals surface area (Å²) >= 11 is 9.33. The van der Waals surface area contributed by atoms with E-state index >= 15 is 0 Å². The van der Waals surface area contributed by atoms with Crippen molar-refractivity contribution in [1.82, 2.24) is 4.90 Å². The van der Waals surface area contributed by atoms with Crippen LogP contribution in [0.2, 0.25) is 5.02 Å². The second-order valence-corrected chi connectivity index (χ2v) is 7.86. The molecule has 1 saturated carbocycles. The number of nitrogens with zero attached hydrogens (tertiary/aromatic N) is 1. The van der Waals surface area contributed by atoms with E-state index in [1.54, 1.807) is 18.2 Å². The Kier molecular flexibility index (Phi) is 5.82. The van der Waals surface area contributed by atoms with Gasteiger partial charge in [-0.15, -0.1) is 0 Å². The molecule has 1 amide bonds. The van der Waals surface area contributed by atoms with E-state index in [4.69, 9.17) is 16.3 Å². The highest BCUT2D eigenvalue weighted by molar-refractivity contribution is 9.10. The van der Waals surface area contributed by atoms with Crippen molar-refractivity contribution in [2.75, 3.05) is 13.2 Å². The molecule has 4 nitrogen and oxygen atoms in total. The first kappa shape index (κ1) is 17.7. The molecule has 1 aliphatic heterocycles. The van der Waals surface area contributed by atoms with Gasteiger partial charge in [-0.1, -0.05) is 40.4 Å². The Balaban J connectivity index is 1.60. The number of ether oxygens (including phenoxy) is 1. The average molecular weight is 415 g/mol. The number of fused-ring (bicyclic) bond motifs is 1. The number of hydrogen-bond acceptors (Lipinski definition) is 3. The molecular weight excluding hydrogens is 394 g/mol. The largest absolute Gasteiger partial charge is 0.452 e. The fraction of sp³-hybridized carbons (Fsp3) is 0.556. The number of rotatable bonds is 3. The van der Waals surface area contributed by atoms with E-state index < -0.39 is 5.97 Å². The molecule has 0 unspecified atom stereocenters. The summed E-state index contributed by atoms with van der Waals surface area (Å²) < 4.78 is 5.97. The Bertz CT molecular complexity index is 635. The molecule has 0 aromatic heterocycles. The van der Waals surface area contributed by atoms with E-state index in [-0.39, 0.29) is 18.1 Å². The van der Waals surface area contributed by atoms with Crippen molar-refractivity contribution in [3.8, 4) is 0 Å². The van der Waals surface area contributed by atoms with Crippen LogP contribution in [0.4, 0.5) is 0 Å². The summed E-state index contributed by atoms with van der Waals surface area (Å²) in [5.74, 6) is -0.0374. The summed E-state index contributed by atoms with van der Waals surface area (Å²) in [5.41, 5.74) is 0.271. The average Bonchev–Trinajstić information content (AvgIpc) is 2.61. The first-order valence-electron chi connectivity index (χ1n) is 8.48. The van der Waals surface area contributed by atoms with Crippen LogP contribution in [0.1, 0.15) is 48.9 Å². The zero-order valence-corrected chi connectivity index (χ0v) is 15.8. The number of carbonyl (C=O) groups excluding carboxylic acids is 2. The van der Waals surface area contributed by atoms with E-state index in [0.29, 0.717) is 17.0 Å². The van der Waals surface area contributed by atoms with Crippen molar-refractivity contribution in [1.29, 1.82) is 0 Å². The van der Waals surface area contributed by atoms with Gasteiger partial charge in [0.25, 0.3) is 5.91 Å². The third-order valence-corrected chi connectivity index (χ3v) is 5.86. The molecule has 1 heterocycles. The van der Waals surface area contributed by atoms with Crippen LogP contribution in [0.3, 0.4) is 0 Å². The topological polar surface area (TPSA) is 46.6 Å². The minimum Gasteiger partial charge on any atom is -0.452 e. The normalized spacial score (nSPS) is 23.5. The lowest BCUT2D eigenvalue weighted by molar-refractivity contribution is -0.140. The lowest BCUT2D eigenvalue weighted by Crippen LogP contribution is -2.50. The first-order chi connectivity index (χ1) is 11.6. The predicted molar refractivity (Wildman–Crippen MR) is 96.1 cm³/mol. The molecule has 1 saturated heterocycles.